The molecule has 0 radical (unpaired) electrons. The molecule has 3 aromatic carbocycles. The number of ketones is 1. The number of para-hydroxylation sites is 1. The number of Topliss-reactive ketones (excluding diaryl/α,β-unsaturated/α-hetero) is 1. The molecule has 34 heavy (non-hydrogen) atoms. The van der Waals surface area contributed by atoms with Gasteiger partial charge in [-0.1, -0.05) is 73.7 Å². The third kappa shape index (κ3) is 4.36. The molecule has 1 aliphatic heterocycles. The number of carbonyl (C=O) groups is 2. The summed E-state index contributed by atoms with van der Waals surface area (Å²) in [7, 11) is 0. The van der Waals surface area contributed by atoms with Crippen molar-refractivity contribution >= 4 is 22.6 Å². The summed E-state index contributed by atoms with van der Waals surface area (Å²) >= 11 is 0. The summed E-state index contributed by atoms with van der Waals surface area (Å²) in [6, 6.07) is 27.5. The van der Waals surface area contributed by atoms with Crippen LogP contribution in [-0.2, 0) is 0 Å². The van der Waals surface area contributed by atoms with Gasteiger partial charge in [-0.2, -0.15) is 0 Å². The first kappa shape index (κ1) is 22.0. The summed E-state index contributed by atoms with van der Waals surface area (Å²) in [5.41, 5.74) is 4.12. The van der Waals surface area contributed by atoms with E-state index in [-0.39, 0.29) is 17.7 Å². The van der Waals surface area contributed by atoms with E-state index >= 15 is 0 Å². The lowest BCUT2D eigenvalue weighted by molar-refractivity contribution is 0.0718. The van der Waals surface area contributed by atoms with Gasteiger partial charge in [-0.05, 0) is 48.1 Å². The molecule has 4 nitrogen and oxygen atoms in total. The maximum absolute atomic E-state index is 13.7. The van der Waals surface area contributed by atoms with E-state index in [0.717, 1.165) is 40.6 Å². The summed E-state index contributed by atoms with van der Waals surface area (Å²) < 4.78 is 0. The molecule has 1 saturated heterocycles. The van der Waals surface area contributed by atoms with Crippen LogP contribution < -0.4 is 0 Å². The summed E-state index contributed by atoms with van der Waals surface area (Å²) in [6.45, 7) is 2.90. The zero-order valence-electron chi connectivity index (χ0n) is 19.4. The molecule has 0 spiro atoms. The molecule has 0 N–H and O–H groups in total. The third-order valence-electron chi connectivity index (χ3n) is 6.76. The molecule has 4 heteroatoms. The first-order chi connectivity index (χ1) is 16.6. The smallest absolute Gasteiger partial charge is 0.254 e. The Hall–Kier alpha value is -3.79. The number of carbonyl (C=O) groups excluding carboxylic acids is 2. The minimum absolute atomic E-state index is 0.0491. The van der Waals surface area contributed by atoms with Crippen LogP contribution in [0.5, 0.6) is 0 Å². The van der Waals surface area contributed by atoms with Crippen molar-refractivity contribution in [2.45, 2.75) is 32.2 Å². The molecule has 170 valence electrons. The molecular formula is C30H28N2O2. The highest BCUT2D eigenvalue weighted by atomic mass is 16.2. The fourth-order valence-corrected chi connectivity index (χ4v) is 5.13. The number of amides is 1. The Kier molecular flexibility index (Phi) is 6.22. The van der Waals surface area contributed by atoms with E-state index in [9.17, 15) is 9.59 Å². The van der Waals surface area contributed by atoms with Gasteiger partial charge in [0.15, 0.2) is 5.78 Å². The number of hydrogen-bond donors (Lipinski definition) is 0. The molecule has 2 atom stereocenters. The first-order valence-electron chi connectivity index (χ1n) is 11.9. The van der Waals surface area contributed by atoms with Crippen molar-refractivity contribution in [2.24, 2.45) is 5.92 Å². The van der Waals surface area contributed by atoms with Gasteiger partial charge in [0, 0.05) is 41.7 Å². The van der Waals surface area contributed by atoms with Crippen LogP contribution in [-0.4, -0.2) is 34.2 Å². The molecule has 1 amide bonds. The van der Waals surface area contributed by atoms with Gasteiger partial charge in [-0.25, -0.2) is 0 Å². The zero-order chi connectivity index (χ0) is 23.5. The lowest BCUT2D eigenvalue weighted by atomic mass is 9.97. The Balaban J connectivity index is 1.36. The van der Waals surface area contributed by atoms with E-state index in [1.54, 1.807) is 6.20 Å². The van der Waals surface area contributed by atoms with Crippen molar-refractivity contribution in [1.82, 2.24) is 9.88 Å². The topological polar surface area (TPSA) is 50.3 Å². The average molecular weight is 449 g/mol. The van der Waals surface area contributed by atoms with Gasteiger partial charge in [0.25, 0.3) is 5.91 Å². The highest BCUT2D eigenvalue weighted by Gasteiger charge is 2.34. The van der Waals surface area contributed by atoms with Gasteiger partial charge < -0.3 is 4.90 Å². The molecule has 5 rings (SSSR count). The highest BCUT2D eigenvalue weighted by molar-refractivity contribution is 6.06. The maximum atomic E-state index is 13.7. The van der Waals surface area contributed by atoms with Gasteiger partial charge in [0.2, 0.25) is 0 Å². The minimum Gasteiger partial charge on any atom is -0.335 e. The molecule has 4 aromatic rings. The lowest BCUT2D eigenvalue weighted by Crippen LogP contribution is -2.36. The highest BCUT2D eigenvalue weighted by Crippen LogP contribution is 2.31. The van der Waals surface area contributed by atoms with Crippen molar-refractivity contribution in [3.63, 3.8) is 0 Å². The third-order valence-corrected chi connectivity index (χ3v) is 6.76. The van der Waals surface area contributed by atoms with Crippen LogP contribution in [0.3, 0.4) is 0 Å². The number of rotatable bonds is 6. The van der Waals surface area contributed by atoms with Crippen molar-refractivity contribution in [3.05, 3.63) is 102 Å². The normalized spacial score (nSPS) is 17.7. The Morgan fingerprint density at radius 2 is 1.62 bits per heavy atom. The number of likely N-dealkylation sites (tertiary alicyclic amines) is 1. The largest absolute Gasteiger partial charge is 0.335 e. The lowest BCUT2D eigenvalue weighted by Gasteiger charge is -2.26. The molecule has 1 aromatic heterocycles. The summed E-state index contributed by atoms with van der Waals surface area (Å²) in [5, 5.41) is 0.970. The number of nitrogens with zero attached hydrogens (tertiary/aromatic N) is 2. The van der Waals surface area contributed by atoms with Crippen molar-refractivity contribution < 1.29 is 9.59 Å². The molecule has 1 aliphatic rings. The summed E-state index contributed by atoms with van der Waals surface area (Å²) in [4.78, 5) is 33.3. The van der Waals surface area contributed by atoms with Crippen molar-refractivity contribution in [1.29, 1.82) is 0 Å². The van der Waals surface area contributed by atoms with Crippen molar-refractivity contribution in [3.8, 4) is 11.1 Å². The second-order valence-corrected chi connectivity index (χ2v) is 9.21. The first-order valence-corrected chi connectivity index (χ1v) is 11.9. The number of fused-ring (bicyclic) bond motifs is 1. The van der Waals surface area contributed by atoms with Gasteiger partial charge in [-0.15, -0.1) is 0 Å². The predicted octanol–water partition coefficient (Wildman–Crippen LogP) is 6.42. The van der Waals surface area contributed by atoms with Gasteiger partial charge in [-0.3, -0.25) is 14.6 Å². The van der Waals surface area contributed by atoms with Crippen LogP contribution in [0.15, 0.2) is 91.1 Å². The Morgan fingerprint density at radius 3 is 2.47 bits per heavy atom. The summed E-state index contributed by atoms with van der Waals surface area (Å²) in [5.74, 6) is 0.543. The summed E-state index contributed by atoms with van der Waals surface area (Å²) in [6.07, 6.45) is 3.70. The number of hydrogen-bond acceptors (Lipinski definition) is 3. The average Bonchev–Trinajstić information content (AvgIpc) is 3.27. The molecular weight excluding hydrogens is 420 g/mol. The predicted molar refractivity (Wildman–Crippen MR) is 136 cm³/mol. The molecule has 0 unspecified atom stereocenters. The zero-order valence-corrected chi connectivity index (χ0v) is 19.4. The maximum Gasteiger partial charge on any atom is 0.254 e. The number of pyridine rings is 1. The standard InChI is InChI=1S/C30H28N2O2/c1-21-19-24(16-17-28(33)27-15-7-11-23-12-8-18-31-29(23)27)32(20-21)30(34)26-14-6-5-13-25(26)22-9-3-2-4-10-22/h2-15,18,21,24H,16-17,19-20H2,1H3/t21-,24+/m0/s1. The SMILES string of the molecule is C[C@H]1C[C@@H](CCC(=O)c2cccc3cccnc23)N(C(=O)c2ccccc2-c2ccccc2)C1. The van der Waals surface area contributed by atoms with E-state index in [2.05, 4.69) is 11.9 Å². The second-order valence-electron chi connectivity index (χ2n) is 9.21. The fraction of sp³-hybridized carbons (Fsp3) is 0.233. The number of aromatic nitrogens is 1. The van der Waals surface area contributed by atoms with Crippen LogP contribution in [0.4, 0.5) is 0 Å². The van der Waals surface area contributed by atoms with E-state index in [1.807, 2.05) is 89.8 Å². The van der Waals surface area contributed by atoms with Crippen molar-refractivity contribution in [2.75, 3.05) is 6.54 Å². The fourth-order valence-electron chi connectivity index (χ4n) is 5.13. The molecule has 0 aliphatic carbocycles. The Labute approximate surface area is 200 Å². The van der Waals surface area contributed by atoms with E-state index in [4.69, 9.17) is 0 Å². The van der Waals surface area contributed by atoms with Crippen LogP contribution in [0.1, 0.15) is 46.9 Å². The molecule has 1 fully saturated rings. The second kappa shape index (κ2) is 9.60. The van der Waals surface area contributed by atoms with Crippen LogP contribution >= 0.6 is 0 Å². The minimum atomic E-state index is 0.0491. The van der Waals surface area contributed by atoms with E-state index < -0.39 is 0 Å². The van der Waals surface area contributed by atoms with Crippen LogP contribution in [0, 0.1) is 5.92 Å². The number of benzene rings is 3. The van der Waals surface area contributed by atoms with Gasteiger partial charge in [0.05, 0.1) is 5.52 Å². The van der Waals surface area contributed by atoms with Crippen LogP contribution in [0.2, 0.25) is 0 Å². The molecule has 2 heterocycles. The Bertz CT molecular complexity index is 1330. The molecule has 0 bridgehead atoms. The monoisotopic (exact) mass is 448 g/mol. The van der Waals surface area contributed by atoms with E-state index in [1.165, 1.54) is 0 Å². The van der Waals surface area contributed by atoms with Gasteiger partial charge in [0.1, 0.15) is 0 Å². The Morgan fingerprint density at radius 1 is 0.882 bits per heavy atom. The van der Waals surface area contributed by atoms with E-state index in [0.29, 0.717) is 24.3 Å². The molecule has 0 saturated carbocycles. The van der Waals surface area contributed by atoms with Crippen LogP contribution in [0.25, 0.3) is 22.0 Å². The van der Waals surface area contributed by atoms with Gasteiger partial charge >= 0.3 is 0 Å². The quantitative estimate of drug-likeness (QED) is 0.320.